The number of Topliss-reactive ketones (excluding diaryl/α,β-unsaturated/α-hetero) is 1. The molecule has 0 aromatic heterocycles. The van der Waals surface area contributed by atoms with Crippen molar-refractivity contribution >= 4 is 34.9 Å². The summed E-state index contributed by atoms with van der Waals surface area (Å²) in [6.07, 6.45) is 5.43. The van der Waals surface area contributed by atoms with Gasteiger partial charge in [-0.25, -0.2) is 0 Å². The van der Waals surface area contributed by atoms with Crippen molar-refractivity contribution in [2.45, 2.75) is 50.5 Å². The van der Waals surface area contributed by atoms with Crippen LogP contribution in [0.2, 0.25) is 10.0 Å². The maximum Gasteiger partial charge on any atom is 0.236 e. The molecule has 1 aliphatic heterocycles. The molecule has 1 aromatic rings. The minimum absolute atomic E-state index is 0.0615. The summed E-state index contributed by atoms with van der Waals surface area (Å²) in [7, 11) is 0. The van der Waals surface area contributed by atoms with E-state index in [1.807, 2.05) is 6.92 Å². The van der Waals surface area contributed by atoms with Gasteiger partial charge in [-0.1, -0.05) is 48.5 Å². The van der Waals surface area contributed by atoms with E-state index in [1.165, 1.54) is 6.42 Å². The van der Waals surface area contributed by atoms with Gasteiger partial charge in [0.05, 0.1) is 5.54 Å². The first-order valence-electron chi connectivity index (χ1n) is 7.75. The lowest BCUT2D eigenvalue weighted by atomic mass is 9.72. The van der Waals surface area contributed by atoms with Crippen LogP contribution in [-0.2, 0) is 9.59 Å². The van der Waals surface area contributed by atoms with Gasteiger partial charge in [0.25, 0.3) is 0 Å². The van der Waals surface area contributed by atoms with Crippen LogP contribution in [0.4, 0.5) is 0 Å². The lowest BCUT2D eigenvalue weighted by Crippen LogP contribution is -2.50. The molecule has 1 saturated carbocycles. The Balaban J connectivity index is 1.94. The number of amides is 1. The highest BCUT2D eigenvalue weighted by molar-refractivity contribution is 6.36. The lowest BCUT2D eigenvalue weighted by molar-refractivity contribution is -0.126. The molecule has 118 valence electrons. The van der Waals surface area contributed by atoms with E-state index >= 15 is 0 Å². The first-order chi connectivity index (χ1) is 10.4. The Morgan fingerprint density at radius 1 is 1.14 bits per heavy atom. The van der Waals surface area contributed by atoms with E-state index in [9.17, 15) is 9.59 Å². The fraction of sp³-hybridized carbons (Fsp3) is 0.529. The molecule has 2 unspecified atom stereocenters. The molecule has 1 heterocycles. The monoisotopic (exact) mass is 339 g/mol. The summed E-state index contributed by atoms with van der Waals surface area (Å²) in [5.74, 6) is -0.915. The Labute approximate surface area is 140 Å². The second kappa shape index (κ2) is 5.86. The van der Waals surface area contributed by atoms with Gasteiger partial charge in [0.15, 0.2) is 5.78 Å². The molecule has 2 fully saturated rings. The maximum absolute atomic E-state index is 13.0. The molecule has 1 N–H and O–H groups in total. The van der Waals surface area contributed by atoms with Gasteiger partial charge in [-0.3, -0.25) is 9.59 Å². The van der Waals surface area contributed by atoms with Crippen molar-refractivity contribution in [2.24, 2.45) is 5.92 Å². The summed E-state index contributed by atoms with van der Waals surface area (Å²) in [5, 5.41) is 3.82. The van der Waals surface area contributed by atoms with Crippen LogP contribution in [0.25, 0.3) is 0 Å². The molecule has 1 saturated heterocycles. The Kier molecular flexibility index (Phi) is 4.21. The van der Waals surface area contributed by atoms with Crippen LogP contribution in [0.1, 0.15) is 50.5 Å². The van der Waals surface area contributed by atoms with E-state index < -0.39 is 11.5 Å². The fourth-order valence-electron chi connectivity index (χ4n) is 3.81. The van der Waals surface area contributed by atoms with Crippen LogP contribution >= 0.6 is 23.2 Å². The molecule has 1 aliphatic carbocycles. The zero-order valence-electron chi connectivity index (χ0n) is 12.5. The summed E-state index contributed by atoms with van der Waals surface area (Å²) in [6.45, 7) is 1.87. The molecular weight excluding hydrogens is 321 g/mol. The highest BCUT2D eigenvalue weighted by Gasteiger charge is 2.54. The minimum atomic E-state index is -0.823. The van der Waals surface area contributed by atoms with E-state index in [0.717, 1.165) is 25.7 Å². The van der Waals surface area contributed by atoms with E-state index in [1.54, 1.807) is 18.2 Å². The normalized spacial score (nSPS) is 29.7. The Morgan fingerprint density at radius 3 is 2.45 bits per heavy atom. The van der Waals surface area contributed by atoms with Crippen LogP contribution in [0, 0.1) is 5.92 Å². The van der Waals surface area contributed by atoms with E-state index in [4.69, 9.17) is 23.2 Å². The van der Waals surface area contributed by atoms with Crippen molar-refractivity contribution in [3.8, 4) is 0 Å². The van der Waals surface area contributed by atoms with Crippen molar-refractivity contribution < 1.29 is 9.59 Å². The first kappa shape index (κ1) is 15.8. The van der Waals surface area contributed by atoms with Gasteiger partial charge in [-0.2, -0.15) is 0 Å². The third kappa shape index (κ3) is 2.55. The van der Waals surface area contributed by atoms with E-state index in [-0.39, 0.29) is 17.6 Å². The molecule has 1 aromatic carbocycles. The molecule has 0 bridgehead atoms. The molecule has 0 radical (unpaired) electrons. The van der Waals surface area contributed by atoms with Crippen molar-refractivity contribution in [3.05, 3.63) is 33.8 Å². The zero-order chi connectivity index (χ0) is 15.9. The second-order valence-corrected chi connectivity index (χ2v) is 7.33. The van der Waals surface area contributed by atoms with Crippen molar-refractivity contribution in [1.82, 2.24) is 5.32 Å². The Hall–Kier alpha value is -1.06. The molecule has 1 amide bonds. The van der Waals surface area contributed by atoms with Crippen molar-refractivity contribution in [3.63, 3.8) is 0 Å². The smallest absolute Gasteiger partial charge is 0.236 e. The number of carbonyl (C=O) groups is 2. The van der Waals surface area contributed by atoms with Crippen LogP contribution in [-0.4, -0.2) is 17.2 Å². The van der Waals surface area contributed by atoms with Gasteiger partial charge in [0, 0.05) is 10.0 Å². The predicted molar refractivity (Wildman–Crippen MR) is 87.3 cm³/mol. The summed E-state index contributed by atoms with van der Waals surface area (Å²) in [5.41, 5.74) is -0.224. The Morgan fingerprint density at radius 2 is 1.82 bits per heavy atom. The second-order valence-electron chi connectivity index (χ2n) is 6.49. The third-order valence-electron chi connectivity index (χ3n) is 5.11. The maximum atomic E-state index is 13.0. The molecule has 3 rings (SSSR count). The van der Waals surface area contributed by atoms with Crippen LogP contribution in [0.5, 0.6) is 0 Å². The quantitative estimate of drug-likeness (QED) is 0.824. The highest BCUT2D eigenvalue weighted by Crippen LogP contribution is 2.42. The number of benzene rings is 1. The summed E-state index contributed by atoms with van der Waals surface area (Å²) < 4.78 is 0. The van der Waals surface area contributed by atoms with Crippen LogP contribution in [0.3, 0.4) is 0 Å². The Bertz CT molecular complexity index is 625. The minimum Gasteiger partial charge on any atom is -0.343 e. The molecule has 2 atom stereocenters. The van der Waals surface area contributed by atoms with Crippen LogP contribution in [0.15, 0.2) is 18.2 Å². The number of halogens is 2. The lowest BCUT2D eigenvalue weighted by Gasteiger charge is -2.35. The number of rotatable bonds is 2. The topological polar surface area (TPSA) is 46.2 Å². The fourth-order valence-corrected chi connectivity index (χ4v) is 4.33. The number of nitrogens with one attached hydrogen (secondary N) is 1. The van der Waals surface area contributed by atoms with Crippen LogP contribution < -0.4 is 5.32 Å². The SMILES string of the molecule is CC1(C2CCCCC2)NC(=O)C(c2ccc(Cl)cc2Cl)C1=O. The van der Waals surface area contributed by atoms with E-state index in [2.05, 4.69) is 5.32 Å². The average Bonchev–Trinajstić information content (AvgIpc) is 2.72. The molecule has 2 aliphatic rings. The first-order valence-corrected chi connectivity index (χ1v) is 8.50. The van der Waals surface area contributed by atoms with Crippen molar-refractivity contribution in [1.29, 1.82) is 0 Å². The molecular formula is C17H19Cl2NO2. The number of hydrogen-bond donors (Lipinski definition) is 1. The largest absolute Gasteiger partial charge is 0.343 e. The van der Waals surface area contributed by atoms with Gasteiger partial charge in [-0.05, 0) is 43.4 Å². The third-order valence-corrected chi connectivity index (χ3v) is 5.68. The number of ketones is 1. The summed E-state index contributed by atoms with van der Waals surface area (Å²) in [4.78, 5) is 25.5. The van der Waals surface area contributed by atoms with Gasteiger partial charge in [0.1, 0.15) is 5.92 Å². The van der Waals surface area contributed by atoms with Gasteiger partial charge >= 0.3 is 0 Å². The van der Waals surface area contributed by atoms with Gasteiger partial charge in [-0.15, -0.1) is 0 Å². The molecule has 3 nitrogen and oxygen atoms in total. The molecule has 0 spiro atoms. The van der Waals surface area contributed by atoms with Gasteiger partial charge < -0.3 is 5.32 Å². The summed E-state index contributed by atoms with van der Waals surface area (Å²) >= 11 is 12.1. The number of hydrogen-bond acceptors (Lipinski definition) is 2. The average molecular weight is 340 g/mol. The standard InChI is InChI=1S/C17H19Cl2NO2/c1-17(10-5-3-2-4-6-10)15(21)14(16(22)20-17)12-8-7-11(18)9-13(12)19/h7-10,14H,2-6H2,1H3,(H,20,22). The van der Waals surface area contributed by atoms with Crippen molar-refractivity contribution in [2.75, 3.05) is 0 Å². The molecule has 5 heteroatoms. The zero-order valence-corrected chi connectivity index (χ0v) is 14.0. The predicted octanol–water partition coefficient (Wildman–Crippen LogP) is 4.11. The van der Waals surface area contributed by atoms with E-state index in [0.29, 0.717) is 15.6 Å². The summed E-state index contributed by atoms with van der Waals surface area (Å²) in [6, 6.07) is 4.92. The number of carbonyl (C=O) groups excluding carboxylic acids is 2. The van der Waals surface area contributed by atoms with Gasteiger partial charge in [0.2, 0.25) is 5.91 Å². The molecule has 22 heavy (non-hydrogen) atoms. The highest BCUT2D eigenvalue weighted by atomic mass is 35.5.